The van der Waals surface area contributed by atoms with E-state index in [2.05, 4.69) is 20.9 Å². The van der Waals surface area contributed by atoms with Crippen LogP contribution in [0.25, 0.3) is 0 Å². The fourth-order valence-electron chi connectivity index (χ4n) is 2.92. The maximum Gasteiger partial charge on any atom is 0.417 e. The van der Waals surface area contributed by atoms with E-state index in [-0.39, 0.29) is 28.8 Å². The normalized spacial score (nSPS) is 16.8. The summed E-state index contributed by atoms with van der Waals surface area (Å²) in [5.41, 5.74) is -0.921. The summed E-state index contributed by atoms with van der Waals surface area (Å²) in [6.07, 6.45) is -3.29. The maximum atomic E-state index is 12.8. The van der Waals surface area contributed by atoms with E-state index >= 15 is 0 Å². The van der Waals surface area contributed by atoms with Crippen molar-refractivity contribution in [1.29, 1.82) is 0 Å². The highest BCUT2D eigenvalue weighted by molar-refractivity contribution is 9.10. The van der Waals surface area contributed by atoms with Crippen LogP contribution in [0.4, 0.5) is 19.0 Å². The van der Waals surface area contributed by atoms with Crippen molar-refractivity contribution in [2.45, 2.75) is 17.5 Å². The quantitative estimate of drug-likeness (QED) is 0.629. The molecule has 1 aliphatic rings. The molecular formula is C17H16BrClF3N3O2S. The van der Waals surface area contributed by atoms with Gasteiger partial charge in [-0.2, -0.15) is 17.5 Å². The van der Waals surface area contributed by atoms with E-state index in [1.54, 1.807) is 17.0 Å². The van der Waals surface area contributed by atoms with Gasteiger partial charge < -0.3 is 4.90 Å². The molecular weight excluding hydrogens is 483 g/mol. The van der Waals surface area contributed by atoms with Crippen LogP contribution in [0, 0.1) is 0 Å². The molecule has 1 aromatic heterocycles. The lowest BCUT2D eigenvalue weighted by molar-refractivity contribution is -0.137. The molecule has 0 spiro atoms. The van der Waals surface area contributed by atoms with Crippen molar-refractivity contribution in [3.05, 3.63) is 51.6 Å². The summed E-state index contributed by atoms with van der Waals surface area (Å²) in [6.45, 7) is 1.18. The molecule has 0 aliphatic carbocycles. The summed E-state index contributed by atoms with van der Waals surface area (Å²) in [5.74, 6) is 0.220. The predicted molar refractivity (Wildman–Crippen MR) is 104 cm³/mol. The minimum absolute atomic E-state index is 0.112. The van der Waals surface area contributed by atoms with Crippen molar-refractivity contribution < 1.29 is 21.6 Å². The number of anilines is 1. The van der Waals surface area contributed by atoms with Crippen LogP contribution in [0.5, 0.6) is 0 Å². The predicted octanol–water partition coefficient (Wildman–Crippen LogP) is 4.42. The number of alkyl halides is 3. The molecule has 1 aliphatic heterocycles. The standard InChI is InChI=1S/C17H16BrClF3N3O2S/c18-13-2-4-14(5-3-13)28(26,27)25-7-1-6-24(8-9-25)16-15(19)10-12(11-23-16)17(20,21)22/h2-5,10-11H,1,6-9H2. The zero-order chi connectivity index (χ0) is 20.5. The number of hydrogen-bond acceptors (Lipinski definition) is 4. The molecule has 0 amide bonds. The third-order valence-corrected chi connectivity index (χ3v) is 7.07. The molecule has 1 fully saturated rings. The number of aromatic nitrogens is 1. The number of nitrogens with zero attached hydrogens (tertiary/aromatic N) is 3. The summed E-state index contributed by atoms with van der Waals surface area (Å²) in [4.78, 5) is 5.76. The average Bonchev–Trinajstić information content (AvgIpc) is 2.88. The zero-order valence-corrected chi connectivity index (χ0v) is 17.6. The van der Waals surface area contributed by atoms with Crippen LogP contribution in [-0.2, 0) is 16.2 Å². The second-order valence-electron chi connectivity index (χ2n) is 6.23. The Morgan fingerprint density at radius 2 is 1.75 bits per heavy atom. The van der Waals surface area contributed by atoms with Gasteiger partial charge in [0.15, 0.2) is 0 Å². The fourth-order valence-corrected chi connectivity index (χ4v) is 4.94. The highest BCUT2D eigenvalue weighted by Gasteiger charge is 2.33. The SMILES string of the molecule is O=S(=O)(c1ccc(Br)cc1)N1CCCN(c2ncc(C(F)(F)F)cc2Cl)CC1. The Morgan fingerprint density at radius 1 is 1.07 bits per heavy atom. The van der Waals surface area contributed by atoms with E-state index in [1.165, 1.54) is 16.4 Å². The first-order valence-corrected chi connectivity index (χ1v) is 10.9. The molecule has 1 aromatic carbocycles. The average molecular weight is 499 g/mol. The highest BCUT2D eigenvalue weighted by atomic mass is 79.9. The van der Waals surface area contributed by atoms with Crippen LogP contribution >= 0.6 is 27.5 Å². The first kappa shape index (κ1) is 21.4. The van der Waals surface area contributed by atoms with Gasteiger partial charge in [-0.15, -0.1) is 0 Å². The van der Waals surface area contributed by atoms with Crippen LogP contribution in [0.2, 0.25) is 5.02 Å². The number of benzene rings is 1. The monoisotopic (exact) mass is 497 g/mol. The van der Waals surface area contributed by atoms with E-state index in [0.717, 1.165) is 16.7 Å². The largest absolute Gasteiger partial charge is 0.417 e. The molecule has 2 aromatic rings. The van der Waals surface area contributed by atoms with Gasteiger partial charge in [0.25, 0.3) is 0 Å². The van der Waals surface area contributed by atoms with Gasteiger partial charge >= 0.3 is 6.18 Å². The lowest BCUT2D eigenvalue weighted by Crippen LogP contribution is -2.35. The molecule has 5 nitrogen and oxygen atoms in total. The zero-order valence-electron chi connectivity index (χ0n) is 14.5. The van der Waals surface area contributed by atoms with Crippen molar-refractivity contribution in [2.75, 3.05) is 31.1 Å². The van der Waals surface area contributed by atoms with Gasteiger partial charge in [0.05, 0.1) is 15.5 Å². The fraction of sp³-hybridized carbons (Fsp3) is 0.353. The molecule has 28 heavy (non-hydrogen) atoms. The molecule has 3 rings (SSSR count). The van der Waals surface area contributed by atoms with Gasteiger partial charge in [-0.3, -0.25) is 0 Å². The van der Waals surface area contributed by atoms with Crippen molar-refractivity contribution in [2.24, 2.45) is 0 Å². The number of hydrogen-bond donors (Lipinski definition) is 0. The van der Waals surface area contributed by atoms with E-state index in [9.17, 15) is 21.6 Å². The Hall–Kier alpha value is -1.36. The van der Waals surface area contributed by atoms with Gasteiger partial charge in [-0.1, -0.05) is 27.5 Å². The lowest BCUT2D eigenvalue weighted by atomic mass is 10.2. The molecule has 0 atom stereocenters. The minimum Gasteiger partial charge on any atom is -0.354 e. The topological polar surface area (TPSA) is 53.5 Å². The van der Waals surface area contributed by atoms with Gasteiger partial charge in [0.1, 0.15) is 5.82 Å². The van der Waals surface area contributed by atoms with Crippen LogP contribution in [0.1, 0.15) is 12.0 Å². The Bertz CT molecular complexity index is 955. The van der Waals surface area contributed by atoms with Crippen LogP contribution in [0.15, 0.2) is 45.9 Å². The molecule has 0 radical (unpaired) electrons. The van der Waals surface area contributed by atoms with E-state index < -0.39 is 21.8 Å². The van der Waals surface area contributed by atoms with Crippen LogP contribution in [0.3, 0.4) is 0 Å². The molecule has 2 heterocycles. The van der Waals surface area contributed by atoms with E-state index in [0.29, 0.717) is 19.5 Å². The lowest BCUT2D eigenvalue weighted by Gasteiger charge is -2.24. The van der Waals surface area contributed by atoms with E-state index in [1.807, 2.05) is 0 Å². The first-order valence-electron chi connectivity index (χ1n) is 8.32. The number of rotatable bonds is 3. The Morgan fingerprint density at radius 3 is 2.36 bits per heavy atom. The Balaban J connectivity index is 1.77. The summed E-state index contributed by atoms with van der Waals surface area (Å²) in [7, 11) is -3.66. The van der Waals surface area contributed by atoms with E-state index in [4.69, 9.17) is 11.6 Å². The number of pyridine rings is 1. The van der Waals surface area contributed by atoms with Crippen molar-refractivity contribution >= 4 is 43.4 Å². The number of sulfonamides is 1. The number of halogens is 5. The molecule has 1 saturated heterocycles. The smallest absolute Gasteiger partial charge is 0.354 e. The molecule has 0 N–H and O–H groups in total. The first-order chi connectivity index (χ1) is 13.1. The molecule has 0 saturated carbocycles. The minimum atomic E-state index is -4.52. The summed E-state index contributed by atoms with van der Waals surface area (Å²) < 4.78 is 66.2. The van der Waals surface area contributed by atoms with Crippen LogP contribution < -0.4 is 4.90 Å². The van der Waals surface area contributed by atoms with Crippen molar-refractivity contribution in [3.8, 4) is 0 Å². The Labute approximate surface area is 174 Å². The van der Waals surface area contributed by atoms with Gasteiger partial charge in [0.2, 0.25) is 10.0 Å². The summed E-state index contributed by atoms with van der Waals surface area (Å²) >= 11 is 9.29. The third-order valence-electron chi connectivity index (χ3n) is 4.35. The van der Waals surface area contributed by atoms with Crippen molar-refractivity contribution in [3.63, 3.8) is 0 Å². The van der Waals surface area contributed by atoms with Gasteiger partial charge in [-0.05, 0) is 36.8 Å². The third kappa shape index (κ3) is 4.61. The molecule has 152 valence electrons. The second kappa shape index (κ2) is 8.17. The van der Waals surface area contributed by atoms with Gasteiger partial charge in [-0.25, -0.2) is 13.4 Å². The highest BCUT2D eigenvalue weighted by Crippen LogP contribution is 2.34. The molecule has 11 heteroatoms. The second-order valence-corrected chi connectivity index (χ2v) is 9.49. The summed E-state index contributed by atoms with van der Waals surface area (Å²) in [5, 5.41) is -0.112. The summed E-state index contributed by atoms with van der Waals surface area (Å²) in [6, 6.07) is 7.20. The maximum absolute atomic E-state index is 12.8. The molecule has 0 bridgehead atoms. The Kier molecular flexibility index (Phi) is 6.23. The van der Waals surface area contributed by atoms with Gasteiger partial charge in [0, 0.05) is 36.8 Å². The van der Waals surface area contributed by atoms with Crippen LogP contribution in [-0.4, -0.2) is 43.9 Å². The van der Waals surface area contributed by atoms with Crippen molar-refractivity contribution in [1.82, 2.24) is 9.29 Å². The molecule has 0 unspecified atom stereocenters.